The minimum absolute atomic E-state index is 0.102. The molecule has 5 atom stereocenters. The molecule has 7 heteroatoms. The maximum atomic E-state index is 11.6. The average Bonchev–Trinajstić information content (AvgIpc) is 2.46. The fraction of sp³-hybridized carbons (Fsp3) is 0.688. The minimum atomic E-state index is -1.46. The largest absolute Gasteiger partial charge is 0.394 e. The monoisotopic (exact) mass is 330 g/mol. The second-order valence-electron chi connectivity index (χ2n) is 5.93. The number of allylic oxidation sites excluding steroid dienone is 3. The molecule has 0 aromatic carbocycles. The van der Waals surface area contributed by atoms with Crippen LogP contribution in [0.2, 0.25) is 0 Å². The predicted molar refractivity (Wildman–Crippen MR) is 82.5 cm³/mol. The van der Waals surface area contributed by atoms with Crippen molar-refractivity contribution in [3.05, 3.63) is 23.3 Å². The molecule has 0 aliphatic carbocycles. The standard InChI is InChI=1S/C16H26O7/c1-9(2)6-11(18)7-10(3)4-5-22-16-15(21)14(20)13(19)12(8-17)23-16/h6-7,12-17,19-21H,4-5,8H2,1-3H3/b10-7-/t12-,13-,14+,15-,16-/m1/s1. The lowest BCUT2D eigenvalue weighted by Crippen LogP contribution is -2.59. The number of rotatable bonds is 7. The van der Waals surface area contributed by atoms with Gasteiger partial charge in [-0.1, -0.05) is 11.1 Å². The maximum Gasteiger partial charge on any atom is 0.186 e. The van der Waals surface area contributed by atoms with Crippen LogP contribution < -0.4 is 0 Å². The predicted octanol–water partition coefficient (Wildman–Crippen LogP) is -0.325. The number of aliphatic hydroxyl groups is 4. The van der Waals surface area contributed by atoms with Gasteiger partial charge in [0.25, 0.3) is 0 Å². The van der Waals surface area contributed by atoms with Gasteiger partial charge in [-0.15, -0.1) is 0 Å². The highest BCUT2D eigenvalue weighted by molar-refractivity contribution is 5.99. The number of hydrogen-bond acceptors (Lipinski definition) is 7. The molecule has 1 aliphatic heterocycles. The summed E-state index contributed by atoms with van der Waals surface area (Å²) in [5, 5.41) is 38.2. The molecule has 0 bridgehead atoms. The van der Waals surface area contributed by atoms with Crippen molar-refractivity contribution < 1.29 is 34.7 Å². The Morgan fingerprint density at radius 3 is 2.30 bits per heavy atom. The van der Waals surface area contributed by atoms with Crippen LogP contribution in [-0.4, -0.2) is 70.1 Å². The van der Waals surface area contributed by atoms with E-state index in [0.717, 1.165) is 11.1 Å². The highest BCUT2D eigenvalue weighted by atomic mass is 16.7. The van der Waals surface area contributed by atoms with E-state index in [2.05, 4.69) is 0 Å². The number of carbonyl (C=O) groups excluding carboxylic acids is 1. The van der Waals surface area contributed by atoms with Crippen LogP contribution in [0.3, 0.4) is 0 Å². The van der Waals surface area contributed by atoms with Crippen molar-refractivity contribution in [2.75, 3.05) is 13.2 Å². The second-order valence-corrected chi connectivity index (χ2v) is 5.93. The third-order valence-electron chi connectivity index (χ3n) is 3.45. The van der Waals surface area contributed by atoms with Crippen LogP contribution in [0.25, 0.3) is 0 Å². The number of aliphatic hydroxyl groups excluding tert-OH is 4. The van der Waals surface area contributed by atoms with E-state index >= 15 is 0 Å². The first kappa shape index (κ1) is 20.0. The Bertz CT molecular complexity index is 451. The Balaban J connectivity index is 2.50. The van der Waals surface area contributed by atoms with Crippen LogP contribution >= 0.6 is 0 Å². The van der Waals surface area contributed by atoms with Gasteiger partial charge in [-0.25, -0.2) is 0 Å². The molecule has 1 aliphatic rings. The summed E-state index contributed by atoms with van der Waals surface area (Å²) in [6.07, 6.45) is -2.94. The van der Waals surface area contributed by atoms with E-state index < -0.39 is 37.3 Å². The van der Waals surface area contributed by atoms with Crippen molar-refractivity contribution in [2.24, 2.45) is 0 Å². The molecule has 1 saturated heterocycles. The topological polar surface area (TPSA) is 116 Å². The molecule has 0 aromatic heterocycles. The average molecular weight is 330 g/mol. The highest BCUT2D eigenvalue weighted by Gasteiger charge is 2.43. The Labute approximate surface area is 135 Å². The summed E-state index contributed by atoms with van der Waals surface area (Å²) < 4.78 is 10.6. The Hall–Kier alpha value is -1.09. The molecule has 7 nitrogen and oxygen atoms in total. The van der Waals surface area contributed by atoms with Crippen molar-refractivity contribution >= 4 is 5.78 Å². The summed E-state index contributed by atoms with van der Waals surface area (Å²) in [5.41, 5.74) is 1.72. The molecule has 1 rings (SSSR count). The van der Waals surface area contributed by atoms with Gasteiger partial charge in [0.05, 0.1) is 13.2 Å². The molecule has 1 heterocycles. The van der Waals surface area contributed by atoms with E-state index in [-0.39, 0.29) is 12.4 Å². The highest BCUT2D eigenvalue weighted by Crippen LogP contribution is 2.22. The summed E-state index contributed by atoms with van der Waals surface area (Å²) in [6.45, 7) is 5.12. The summed E-state index contributed by atoms with van der Waals surface area (Å²) in [7, 11) is 0. The number of hydrogen-bond donors (Lipinski definition) is 4. The summed E-state index contributed by atoms with van der Waals surface area (Å²) >= 11 is 0. The van der Waals surface area contributed by atoms with Gasteiger partial charge in [0.2, 0.25) is 0 Å². The van der Waals surface area contributed by atoms with Gasteiger partial charge in [0, 0.05) is 0 Å². The van der Waals surface area contributed by atoms with E-state index in [0.29, 0.717) is 6.42 Å². The second kappa shape index (κ2) is 9.27. The SMILES string of the molecule is CC(C)=CC(=O)/C=C(/C)CCO[C@@H]1O[C@H](CO)[C@@H](O)[C@H](O)[C@H]1O. The van der Waals surface area contributed by atoms with Gasteiger partial charge >= 0.3 is 0 Å². The van der Waals surface area contributed by atoms with Gasteiger partial charge in [-0.05, 0) is 39.3 Å². The fourth-order valence-electron chi connectivity index (χ4n) is 2.18. The van der Waals surface area contributed by atoms with Gasteiger partial charge in [0.1, 0.15) is 24.4 Å². The molecular formula is C16H26O7. The zero-order valence-electron chi connectivity index (χ0n) is 13.7. The third kappa shape index (κ3) is 6.14. The molecule has 1 fully saturated rings. The van der Waals surface area contributed by atoms with Gasteiger partial charge in [0.15, 0.2) is 12.1 Å². The third-order valence-corrected chi connectivity index (χ3v) is 3.45. The fourth-order valence-corrected chi connectivity index (χ4v) is 2.18. The quantitative estimate of drug-likeness (QED) is 0.472. The van der Waals surface area contributed by atoms with Gasteiger partial charge in [-0.2, -0.15) is 0 Å². The van der Waals surface area contributed by atoms with E-state index in [4.69, 9.17) is 14.6 Å². The van der Waals surface area contributed by atoms with Crippen molar-refractivity contribution in [1.29, 1.82) is 0 Å². The van der Waals surface area contributed by atoms with E-state index in [9.17, 15) is 20.1 Å². The number of carbonyl (C=O) groups is 1. The molecule has 0 unspecified atom stereocenters. The van der Waals surface area contributed by atoms with E-state index in [1.165, 1.54) is 12.2 Å². The molecule has 132 valence electrons. The number of ketones is 1. The van der Waals surface area contributed by atoms with Crippen molar-refractivity contribution in [3.8, 4) is 0 Å². The molecule has 0 radical (unpaired) electrons. The number of ether oxygens (including phenoxy) is 2. The van der Waals surface area contributed by atoms with Crippen LogP contribution in [0.1, 0.15) is 27.2 Å². The Morgan fingerprint density at radius 2 is 1.74 bits per heavy atom. The van der Waals surface area contributed by atoms with Crippen LogP contribution in [0.15, 0.2) is 23.3 Å². The smallest absolute Gasteiger partial charge is 0.186 e. The molecule has 0 saturated carbocycles. The molecular weight excluding hydrogens is 304 g/mol. The van der Waals surface area contributed by atoms with Crippen LogP contribution in [0, 0.1) is 0 Å². The van der Waals surface area contributed by atoms with Crippen LogP contribution in [0.4, 0.5) is 0 Å². The first-order valence-electron chi connectivity index (χ1n) is 7.54. The zero-order valence-corrected chi connectivity index (χ0v) is 13.7. The molecule has 0 aromatic rings. The van der Waals surface area contributed by atoms with E-state index in [1.54, 1.807) is 6.92 Å². The first-order valence-corrected chi connectivity index (χ1v) is 7.54. The van der Waals surface area contributed by atoms with Gasteiger partial charge < -0.3 is 29.9 Å². The molecule has 0 spiro atoms. The Kier molecular flexibility index (Phi) is 8.04. The maximum absolute atomic E-state index is 11.6. The van der Waals surface area contributed by atoms with Crippen LogP contribution in [0.5, 0.6) is 0 Å². The molecule has 0 amide bonds. The normalized spacial score (nSPS) is 31.8. The zero-order chi connectivity index (χ0) is 17.6. The van der Waals surface area contributed by atoms with Gasteiger partial charge in [-0.3, -0.25) is 4.79 Å². The van der Waals surface area contributed by atoms with E-state index in [1.807, 2.05) is 13.8 Å². The lowest BCUT2D eigenvalue weighted by molar-refractivity contribution is -0.300. The summed E-state index contributed by atoms with van der Waals surface area (Å²) in [6, 6.07) is 0. The summed E-state index contributed by atoms with van der Waals surface area (Å²) in [5.74, 6) is -0.102. The van der Waals surface area contributed by atoms with Crippen molar-refractivity contribution in [1.82, 2.24) is 0 Å². The lowest BCUT2D eigenvalue weighted by atomic mass is 9.99. The lowest BCUT2D eigenvalue weighted by Gasteiger charge is -2.39. The van der Waals surface area contributed by atoms with Crippen molar-refractivity contribution in [2.45, 2.75) is 57.9 Å². The molecule has 23 heavy (non-hydrogen) atoms. The summed E-state index contributed by atoms with van der Waals surface area (Å²) in [4.78, 5) is 11.6. The first-order chi connectivity index (χ1) is 10.8. The van der Waals surface area contributed by atoms with Crippen molar-refractivity contribution in [3.63, 3.8) is 0 Å². The van der Waals surface area contributed by atoms with Crippen LogP contribution in [-0.2, 0) is 14.3 Å². The molecule has 4 N–H and O–H groups in total. The minimum Gasteiger partial charge on any atom is -0.394 e. The Morgan fingerprint density at radius 1 is 1.09 bits per heavy atom.